The minimum atomic E-state index is -0.169. The van der Waals surface area contributed by atoms with Gasteiger partial charge in [-0.05, 0) is 29.8 Å². The van der Waals surface area contributed by atoms with E-state index >= 15 is 0 Å². The van der Waals surface area contributed by atoms with Crippen molar-refractivity contribution in [2.24, 2.45) is 5.10 Å². The molecule has 10 heteroatoms. The Bertz CT molecular complexity index is 1590. The first kappa shape index (κ1) is 21.5. The summed E-state index contributed by atoms with van der Waals surface area (Å²) in [5, 5.41) is 5.92. The number of halogens is 2. The van der Waals surface area contributed by atoms with Gasteiger partial charge in [-0.1, -0.05) is 41.4 Å². The zero-order valence-electron chi connectivity index (χ0n) is 17.6. The lowest BCUT2D eigenvalue weighted by atomic mass is 10.2. The summed E-state index contributed by atoms with van der Waals surface area (Å²) >= 11 is 12.2. The van der Waals surface area contributed by atoms with Crippen molar-refractivity contribution in [3.63, 3.8) is 0 Å². The van der Waals surface area contributed by atoms with Crippen LogP contribution in [0.25, 0.3) is 33.2 Å². The van der Waals surface area contributed by atoms with Gasteiger partial charge in [0.15, 0.2) is 11.7 Å². The molecule has 5 aromatic rings. The van der Waals surface area contributed by atoms with Crippen LogP contribution in [0, 0.1) is 0 Å². The molecular formula is C23H19Cl2N6O2+. The Balaban J connectivity index is 1.74. The van der Waals surface area contributed by atoms with Crippen molar-refractivity contribution in [2.75, 3.05) is 13.7 Å². The molecule has 0 aliphatic rings. The smallest absolute Gasteiger partial charge is 0.322 e. The summed E-state index contributed by atoms with van der Waals surface area (Å²) in [5.74, 6) is 0. The zero-order valence-corrected chi connectivity index (χ0v) is 19.1. The standard InChI is InChI=1S/C23H18Cl2N6O2/c1-33-10-4-9-30-13-26-21-19(23(30)32)20-22(29-18-6-3-2-5-17(18)28-20)31(21)27-12-14-7-8-15(24)16(25)11-14/h2-3,5-8,11-13H,4,9-10H2,1H3/p+1. The molecule has 0 unspecified atom stereocenters. The molecule has 2 aromatic carbocycles. The van der Waals surface area contributed by atoms with Crippen LogP contribution in [0.4, 0.5) is 0 Å². The fourth-order valence-electron chi connectivity index (χ4n) is 3.68. The second-order valence-electron chi connectivity index (χ2n) is 7.46. The quantitative estimate of drug-likeness (QED) is 0.271. The van der Waals surface area contributed by atoms with E-state index in [0.29, 0.717) is 62.8 Å². The van der Waals surface area contributed by atoms with Crippen LogP contribution < -0.4 is 10.5 Å². The van der Waals surface area contributed by atoms with E-state index in [0.717, 1.165) is 5.56 Å². The molecule has 166 valence electrons. The molecule has 3 heterocycles. The number of ether oxygens (including phenoxy) is 1. The minimum Gasteiger partial charge on any atom is -0.385 e. The van der Waals surface area contributed by atoms with Gasteiger partial charge in [-0.3, -0.25) is 0 Å². The van der Waals surface area contributed by atoms with Gasteiger partial charge in [0.05, 0.1) is 33.8 Å². The molecule has 0 fully saturated rings. The molecule has 0 aliphatic heterocycles. The average Bonchev–Trinajstić information content (AvgIpc) is 3.13. The van der Waals surface area contributed by atoms with Crippen LogP contribution in [-0.2, 0) is 11.3 Å². The molecule has 1 N–H and O–H groups in total. The first-order valence-electron chi connectivity index (χ1n) is 10.3. The van der Waals surface area contributed by atoms with Crippen molar-refractivity contribution >= 4 is 62.6 Å². The lowest BCUT2D eigenvalue weighted by Crippen LogP contribution is -2.27. The third-order valence-electron chi connectivity index (χ3n) is 5.28. The molecule has 0 amide bonds. The molecule has 0 spiro atoms. The van der Waals surface area contributed by atoms with Gasteiger partial charge in [-0.25, -0.2) is 24.3 Å². The van der Waals surface area contributed by atoms with E-state index in [2.05, 4.69) is 10.1 Å². The fourth-order valence-corrected chi connectivity index (χ4v) is 3.99. The number of fused-ring (bicyclic) bond motifs is 4. The van der Waals surface area contributed by atoms with Crippen LogP contribution in [-0.4, -0.2) is 39.1 Å². The largest absolute Gasteiger partial charge is 0.385 e. The van der Waals surface area contributed by atoms with E-state index in [1.807, 2.05) is 24.3 Å². The zero-order chi connectivity index (χ0) is 22.9. The number of benzene rings is 2. The van der Waals surface area contributed by atoms with E-state index in [-0.39, 0.29) is 5.56 Å². The van der Waals surface area contributed by atoms with Gasteiger partial charge in [0.2, 0.25) is 5.65 Å². The lowest BCUT2D eigenvalue weighted by Gasteiger charge is -2.00. The van der Waals surface area contributed by atoms with Crippen molar-refractivity contribution in [1.82, 2.24) is 19.2 Å². The molecule has 3 aromatic heterocycles. The third-order valence-corrected chi connectivity index (χ3v) is 6.02. The van der Waals surface area contributed by atoms with Crippen LogP contribution >= 0.6 is 23.2 Å². The highest BCUT2D eigenvalue weighted by Gasteiger charge is 2.24. The number of rotatable bonds is 6. The van der Waals surface area contributed by atoms with Crippen molar-refractivity contribution in [3.05, 3.63) is 74.8 Å². The predicted octanol–water partition coefficient (Wildman–Crippen LogP) is 3.94. The molecule has 0 radical (unpaired) electrons. The van der Waals surface area contributed by atoms with E-state index in [9.17, 15) is 4.79 Å². The van der Waals surface area contributed by atoms with Crippen molar-refractivity contribution in [2.45, 2.75) is 13.0 Å². The third kappa shape index (κ3) is 3.97. The van der Waals surface area contributed by atoms with Gasteiger partial charge >= 0.3 is 5.56 Å². The Kier molecular flexibility index (Phi) is 5.80. The molecule has 33 heavy (non-hydrogen) atoms. The van der Waals surface area contributed by atoms with E-state index in [1.165, 1.54) is 0 Å². The highest BCUT2D eigenvalue weighted by Crippen LogP contribution is 2.25. The highest BCUT2D eigenvalue weighted by molar-refractivity contribution is 6.42. The van der Waals surface area contributed by atoms with Gasteiger partial charge < -0.3 is 4.74 Å². The maximum atomic E-state index is 13.4. The summed E-state index contributed by atoms with van der Waals surface area (Å²) in [6.45, 7) is 1.07. The molecule has 0 saturated carbocycles. The maximum absolute atomic E-state index is 13.4. The SMILES string of the molecule is COCCCn1c[nH+]c2c(c1=O)c1nc3ccccc3nc1n2N=Cc1ccc(Cl)c(Cl)c1. The summed E-state index contributed by atoms with van der Waals surface area (Å²) in [5.41, 5.74) is 3.45. The van der Waals surface area contributed by atoms with E-state index in [1.54, 1.807) is 47.1 Å². The molecule has 0 saturated heterocycles. The van der Waals surface area contributed by atoms with E-state index in [4.69, 9.17) is 37.9 Å². The summed E-state index contributed by atoms with van der Waals surface area (Å²) in [4.78, 5) is 26.1. The molecular weight excluding hydrogens is 463 g/mol. The van der Waals surface area contributed by atoms with Crippen molar-refractivity contribution in [1.29, 1.82) is 0 Å². The number of para-hydroxylation sites is 2. The first-order valence-corrected chi connectivity index (χ1v) is 11.0. The molecule has 0 bridgehead atoms. The second kappa shape index (κ2) is 8.90. The summed E-state index contributed by atoms with van der Waals surface area (Å²) in [7, 11) is 1.64. The summed E-state index contributed by atoms with van der Waals surface area (Å²) in [6, 6.07) is 12.7. The van der Waals surface area contributed by atoms with Gasteiger partial charge in [0, 0.05) is 20.1 Å². The maximum Gasteiger partial charge on any atom is 0.322 e. The van der Waals surface area contributed by atoms with Crippen LogP contribution in [0.15, 0.2) is 58.7 Å². The molecule has 8 nitrogen and oxygen atoms in total. The lowest BCUT2D eigenvalue weighted by molar-refractivity contribution is -0.357. The Hall–Kier alpha value is -3.33. The molecule has 0 aliphatic carbocycles. The van der Waals surface area contributed by atoms with Gasteiger partial charge in [0.25, 0.3) is 5.65 Å². The van der Waals surface area contributed by atoms with Crippen LogP contribution in [0.1, 0.15) is 12.0 Å². The molecule has 5 rings (SSSR count). The Labute approximate surface area is 198 Å². The minimum absolute atomic E-state index is 0.169. The summed E-state index contributed by atoms with van der Waals surface area (Å²) in [6.07, 6.45) is 3.98. The Morgan fingerprint density at radius 3 is 2.67 bits per heavy atom. The van der Waals surface area contributed by atoms with Crippen molar-refractivity contribution in [3.8, 4) is 0 Å². The number of aromatic amines is 1. The number of hydrogen-bond acceptors (Lipinski definition) is 5. The topological polar surface area (TPSA) is 88.4 Å². The number of methoxy groups -OCH3 is 1. The monoisotopic (exact) mass is 481 g/mol. The van der Waals surface area contributed by atoms with Crippen molar-refractivity contribution < 1.29 is 9.72 Å². The molecule has 0 atom stereocenters. The first-order chi connectivity index (χ1) is 16.1. The Morgan fingerprint density at radius 1 is 1.12 bits per heavy atom. The highest BCUT2D eigenvalue weighted by atomic mass is 35.5. The number of H-pyrrole nitrogens is 1. The normalized spacial score (nSPS) is 12.0. The predicted molar refractivity (Wildman–Crippen MR) is 129 cm³/mol. The number of aryl methyl sites for hydroxylation is 1. The number of nitrogens with zero attached hydrogens (tertiary/aromatic N) is 5. The van der Waals surface area contributed by atoms with Gasteiger partial charge in [-0.15, -0.1) is 9.78 Å². The van der Waals surface area contributed by atoms with Crippen LogP contribution in [0.2, 0.25) is 10.0 Å². The Morgan fingerprint density at radius 2 is 1.91 bits per heavy atom. The summed E-state index contributed by atoms with van der Waals surface area (Å²) < 4.78 is 8.32. The average molecular weight is 482 g/mol. The number of aromatic nitrogens is 5. The van der Waals surface area contributed by atoms with Crippen LogP contribution in [0.3, 0.4) is 0 Å². The fraction of sp³-hybridized carbons (Fsp3) is 0.174. The van der Waals surface area contributed by atoms with Gasteiger partial charge in [0.1, 0.15) is 5.52 Å². The number of hydrogen-bond donors (Lipinski definition) is 0. The second-order valence-corrected chi connectivity index (χ2v) is 8.27. The van der Waals surface area contributed by atoms with Crippen LogP contribution in [0.5, 0.6) is 0 Å². The van der Waals surface area contributed by atoms with E-state index < -0.39 is 0 Å². The number of nitrogens with one attached hydrogen (secondary N) is 1. The van der Waals surface area contributed by atoms with Gasteiger partial charge in [-0.2, -0.15) is 0 Å².